The van der Waals surface area contributed by atoms with E-state index in [9.17, 15) is 4.79 Å². The highest BCUT2D eigenvalue weighted by Gasteiger charge is 2.04. The smallest absolute Gasteiger partial charge is 0.335 e. The number of carboxylic acid groups (broad SMARTS) is 1. The first-order valence-corrected chi connectivity index (χ1v) is 12.2. The predicted molar refractivity (Wildman–Crippen MR) is 125 cm³/mol. The molecule has 1 atom stereocenters. The molecule has 0 aliphatic carbocycles. The van der Waals surface area contributed by atoms with Crippen LogP contribution in [0.4, 0.5) is 0 Å². The average Bonchev–Trinajstić information content (AvgIpc) is 2.74. The Kier molecular flexibility index (Phi) is 16.1. The molecule has 4 nitrogen and oxygen atoms in total. The zero-order valence-corrected chi connectivity index (χ0v) is 19.4. The van der Waals surface area contributed by atoms with E-state index in [-0.39, 0.29) is 5.56 Å². The third kappa shape index (κ3) is 14.4. The number of hydrogen-bond acceptors (Lipinski definition) is 3. The second kappa shape index (κ2) is 18.2. The van der Waals surface area contributed by atoms with E-state index >= 15 is 0 Å². The summed E-state index contributed by atoms with van der Waals surface area (Å²) in [6.45, 7) is 5.71. The minimum absolute atomic E-state index is 0.275. The molecule has 0 aliphatic rings. The zero-order chi connectivity index (χ0) is 21.9. The molecule has 1 aromatic carbocycles. The molecule has 1 rings (SSSR count). The van der Waals surface area contributed by atoms with Gasteiger partial charge in [-0.15, -0.1) is 0 Å². The lowest BCUT2D eigenvalue weighted by molar-refractivity contribution is 0.0506. The van der Waals surface area contributed by atoms with Gasteiger partial charge in [-0.2, -0.15) is 0 Å². The van der Waals surface area contributed by atoms with Gasteiger partial charge in [0.05, 0.1) is 24.9 Å². The fourth-order valence-electron chi connectivity index (χ4n) is 3.58. The van der Waals surface area contributed by atoms with Crippen molar-refractivity contribution in [1.29, 1.82) is 0 Å². The number of benzene rings is 1. The Balaban J connectivity index is 1.86. The normalized spacial score (nSPS) is 12.1. The van der Waals surface area contributed by atoms with Gasteiger partial charge in [0.15, 0.2) is 0 Å². The molecule has 0 spiro atoms. The van der Waals surface area contributed by atoms with Crippen LogP contribution in [0.2, 0.25) is 0 Å². The predicted octanol–water partition coefficient (Wildman–Crippen LogP) is 7.65. The summed E-state index contributed by atoms with van der Waals surface area (Å²) in [6, 6.07) is 6.51. The first kappa shape index (κ1) is 26.5. The first-order chi connectivity index (χ1) is 14.6. The van der Waals surface area contributed by atoms with Gasteiger partial charge in [0.1, 0.15) is 5.75 Å². The van der Waals surface area contributed by atoms with Gasteiger partial charge in [0.25, 0.3) is 0 Å². The molecule has 1 N–H and O–H groups in total. The quantitative estimate of drug-likeness (QED) is 0.220. The van der Waals surface area contributed by atoms with Crippen molar-refractivity contribution in [1.82, 2.24) is 0 Å². The SMILES string of the molecule is CCCCCCCCCCCCCCC(C)OCCCOc1ccc(C(=O)O)cc1. The molecule has 172 valence electrons. The van der Waals surface area contributed by atoms with Crippen molar-refractivity contribution >= 4 is 5.97 Å². The topological polar surface area (TPSA) is 55.8 Å². The highest BCUT2D eigenvalue weighted by Crippen LogP contribution is 2.14. The summed E-state index contributed by atoms with van der Waals surface area (Å²) < 4.78 is 11.5. The summed E-state index contributed by atoms with van der Waals surface area (Å²) in [4.78, 5) is 10.8. The van der Waals surface area contributed by atoms with E-state index in [1.165, 1.54) is 77.0 Å². The van der Waals surface area contributed by atoms with Crippen LogP contribution in [0.25, 0.3) is 0 Å². The fourth-order valence-corrected chi connectivity index (χ4v) is 3.58. The minimum Gasteiger partial charge on any atom is -0.494 e. The molecule has 0 bridgehead atoms. The Bertz CT molecular complexity index is 526. The summed E-state index contributed by atoms with van der Waals surface area (Å²) in [5.74, 6) is -0.221. The monoisotopic (exact) mass is 420 g/mol. The van der Waals surface area contributed by atoms with E-state index in [2.05, 4.69) is 13.8 Å². The van der Waals surface area contributed by atoms with E-state index < -0.39 is 5.97 Å². The first-order valence-electron chi connectivity index (χ1n) is 12.2. The molecule has 0 fully saturated rings. The summed E-state index contributed by atoms with van der Waals surface area (Å²) in [5, 5.41) is 8.88. The Morgan fingerprint density at radius 1 is 0.800 bits per heavy atom. The number of carbonyl (C=O) groups is 1. The maximum atomic E-state index is 10.8. The van der Waals surface area contributed by atoms with Gasteiger partial charge in [-0.3, -0.25) is 0 Å². The molecule has 0 saturated carbocycles. The van der Waals surface area contributed by atoms with Gasteiger partial charge in [-0.25, -0.2) is 4.79 Å². The molecule has 1 aromatic rings. The maximum absolute atomic E-state index is 10.8. The molecule has 0 aliphatic heterocycles. The standard InChI is InChI=1S/C26H44O4/c1-3-4-5-6-7-8-9-10-11-12-13-14-16-23(2)29-21-15-22-30-25-19-17-24(18-20-25)26(27)28/h17-20,23H,3-16,21-22H2,1-2H3,(H,27,28). The van der Waals surface area contributed by atoms with Crippen molar-refractivity contribution in [3.8, 4) is 5.75 Å². The van der Waals surface area contributed by atoms with E-state index in [1.807, 2.05) is 0 Å². The summed E-state index contributed by atoms with van der Waals surface area (Å²) in [6.07, 6.45) is 18.9. The molecule has 4 heteroatoms. The van der Waals surface area contributed by atoms with E-state index in [0.717, 1.165) is 12.8 Å². The molecule has 0 amide bonds. The van der Waals surface area contributed by atoms with Crippen molar-refractivity contribution in [2.45, 2.75) is 110 Å². The van der Waals surface area contributed by atoms with E-state index in [0.29, 0.717) is 25.1 Å². The molecular formula is C26H44O4. The highest BCUT2D eigenvalue weighted by atomic mass is 16.5. The number of unbranched alkanes of at least 4 members (excludes halogenated alkanes) is 11. The summed E-state index contributed by atoms with van der Waals surface area (Å²) >= 11 is 0. The zero-order valence-electron chi connectivity index (χ0n) is 19.4. The molecule has 0 aromatic heterocycles. The van der Waals surface area contributed by atoms with Crippen LogP contribution in [0.5, 0.6) is 5.75 Å². The Hall–Kier alpha value is -1.55. The second-order valence-electron chi connectivity index (χ2n) is 8.39. The van der Waals surface area contributed by atoms with Crippen LogP contribution in [0, 0.1) is 0 Å². The van der Waals surface area contributed by atoms with Crippen molar-refractivity contribution in [3.05, 3.63) is 29.8 Å². The van der Waals surface area contributed by atoms with Gasteiger partial charge in [-0.1, -0.05) is 84.0 Å². The Labute approximate surface area is 184 Å². The summed E-state index contributed by atoms with van der Waals surface area (Å²) in [7, 11) is 0. The lowest BCUT2D eigenvalue weighted by Crippen LogP contribution is -2.11. The van der Waals surface area contributed by atoms with E-state index in [4.69, 9.17) is 14.6 Å². The Morgan fingerprint density at radius 3 is 1.87 bits per heavy atom. The molecule has 30 heavy (non-hydrogen) atoms. The van der Waals surface area contributed by atoms with Crippen LogP contribution in [-0.4, -0.2) is 30.4 Å². The molecule has 0 radical (unpaired) electrons. The van der Waals surface area contributed by atoms with Crippen molar-refractivity contribution in [2.24, 2.45) is 0 Å². The lowest BCUT2D eigenvalue weighted by Gasteiger charge is -2.13. The molecule has 1 unspecified atom stereocenters. The molecular weight excluding hydrogens is 376 g/mol. The van der Waals surface area contributed by atoms with Crippen LogP contribution < -0.4 is 4.74 Å². The van der Waals surface area contributed by atoms with Crippen LogP contribution in [0.3, 0.4) is 0 Å². The van der Waals surface area contributed by atoms with Crippen LogP contribution >= 0.6 is 0 Å². The van der Waals surface area contributed by atoms with Crippen molar-refractivity contribution in [3.63, 3.8) is 0 Å². The number of hydrogen-bond donors (Lipinski definition) is 1. The van der Waals surface area contributed by atoms with Crippen LogP contribution in [-0.2, 0) is 4.74 Å². The van der Waals surface area contributed by atoms with Gasteiger partial charge in [-0.05, 0) is 37.6 Å². The highest BCUT2D eigenvalue weighted by molar-refractivity contribution is 5.87. The number of aromatic carboxylic acids is 1. The molecule has 0 saturated heterocycles. The third-order valence-corrected chi connectivity index (χ3v) is 5.53. The maximum Gasteiger partial charge on any atom is 0.335 e. The number of rotatable bonds is 20. The summed E-state index contributed by atoms with van der Waals surface area (Å²) in [5.41, 5.74) is 0.275. The van der Waals surface area contributed by atoms with Crippen LogP contribution in [0.1, 0.15) is 114 Å². The number of carboxylic acids is 1. The van der Waals surface area contributed by atoms with Gasteiger partial charge in [0.2, 0.25) is 0 Å². The van der Waals surface area contributed by atoms with Crippen LogP contribution in [0.15, 0.2) is 24.3 Å². The largest absolute Gasteiger partial charge is 0.494 e. The second-order valence-corrected chi connectivity index (χ2v) is 8.39. The Morgan fingerprint density at radius 2 is 1.33 bits per heavy atom. The van der Waals surface area contributed by atoms with Gasteiger partial charge < -0.3 is 14.6 Å². The van der Waals surface area contributed by atoms with E-state index in [1.54, 1.807) is 24.3 Å². The minimum atomic E-state index is -0.919. The van der Waals surface area contributed by atoms with Crippen molar-refractivity contribution in [2.75, 3.05) is 13.2 Å². The average molecular weight is 421 g/mol. The van der Waals surface area contributed by atoms with Crippen molar-refractivity contribution < 1.29 is 19.4 Å². The third-order valence-electron chi connectivity index (χ3n) is 5.53. The molecule has 0 heterocycles. The number of ether oxygens (including phenoxy) is 2. The fraction of sp³-hybridized carbons (Fsp3) is 0.731. The lowest BCUT2D eigenvalue weighted by atomic mass is 10.0. The van der Waals surface area contributed by atoms with Gasteiger partial charge >= 0.3 is 5.97 Å². The van der Waals surface area contributed by atoms with Gasteiger partial charge in [0, 0.05) is 6.42 Å².